The quantitative estimate of drug-likeness (QED) is 0.689. The second-order valence-corrected chi connectivity index (χ2v) is 7.61. The Labute approximate surface area is 170 Å². The van der Waals surface area contributed by atoms with E-state index >= 15 is 0 Å². The van der Waals surface area contributed by atoms with E-state index in [9.17, 15) is 4.79 Å². The van der Waals surface area contributed by atoms with Crippen molar-refractivity contribution in [1.29, 1.82) is 0 Å². The van der Waals surface area contributed by atoms with Crippen molar-refractivity contribution < 1.29 is 9.21 Å². The number of carbonyl (C=O) groups excluding carboxylic acids is 1. The number of hydrogen-bond donors (Lipinski definition) is 1. The number of anilines is 1. The van der Waals surface area contributed by atoms with E-state index in [1.54, 1.807) is 24.2 Å². The molecule has 0 aliphatic carbocycles. The normalized spacial score (nSPS) is 14.6. The molecule has 0 spiro atoms. The van der Waals surface area contributed by atoms with E-state index in [2.05, 4.69) is 28.3 Å². The van der Waals surface area contributed by atoms with Gasteiger partial charge in [0, 0.05) is 55.5 Å². The Morgan fingerprint density at radius 2 is 2.21 bits per heavy atom. The van der Waals surface area contributed by atoms with Crippen LogP contribution >= 0.6 is 0 Å². The molecule has 3 heterocycles. The Kier molecular flexibility index (Phi) is 5.36. The molecule has 0 bridgehead atoms. The Bertz CT molecular complexity index is 1070. The molecule has 0 saturated carbocycles. The van der Waals surface area contributed by atoms with Gasteiger partial charge in [-0.05, 0) is 37.7 Å². The van der Waals surface area contributed by atoms with Crippen LogP contribution in [0.4, 0.5) is 5.82 Å². The van der Waals surface area contributed by atoms with Crippen molar-refractivity contribution in [2.45, 2.75) is 20.0 Å². The van der Waals surface area contributed by atoms with Crippen molar-refractivity contribution in [2.75, 3.05) is 32.5 Å². The number of amides is 1. The van der Waals surface area contributed by atoms with E-state index in [-0.39, 0.29) is 5.91 Å². The van der Waals surface area contributed by atoms with Crippen LogP contribution in [-0.4, -0.2) is 47.9 Å². The van der Waals surface area contributed by atoms with Crippen LogP contribution in [0.5, 0.6) is 0 Å². The van der Waals surface area contributed by atoms with Crippen molar-refractivity contribution in [2.24, 2.45) is 0 Å². The zero-order valence-corrected chi connectivity index (χ0v) is 17.1. The standard InChI is InChI=1S/C23H26N4O2/c1-16-19-6-4-5-7-20(19)29-21(16)15-27(3)22(28)9-8-17-12-18-14-26(2)11-10-24-23(18)25-13-17/h4-9,12-13H,10-11,14-15H2,1-3H3,(H,24,25). The molecule has 1 aliphatic heterocycles. The summed E-state index contributed by atoms with van der Waals surface area (Å²) >= 11 is 0. The number of aromatic nitrogens is 1. The van der Waals surface area contributed by atoms with Crippen LogP contribution < -0.4 is 5.32 Å². The van der Waals surface area contributed by atoms with Crippen LogP contribution in [0.1, 0.15) is 22.5 Å². The molecule has 4 rings (SSSR count). The molecule has 0 unspecified atom stereocenters. The van der Waals surface area contributed by atoms with Crippen molar-refractivity contribution >= 4 is 28.8 Å². The van der Waals surface area contributed by atoms with E-state index in [0.717, 1.165) is 58.9 Å². The van der Waals surface area contributed by atoms with E-state index < -0.39 is 0 Å². The van der Waals surface area contributed by atoms with Crippen molar-refractivity contribution in [3.8, 4) is 0 Å². The predicted octanol–water partition coefficient (Wildman–Crippen LogP) is 3.67. The number of aryl methyl sites for hydroxylation is 1. The Morgan fingerprint density at radius 1 is 1.38 bits per heavy atom. The zero-order chi connectivity index (χ0) is 20.4. The monoisotopic (exact) mass is 390 g/mol. The summed E-state index contributed by atoms with van der Waals surface area (Å²) in [7, 11) is 3.88. The third-order valence-corrected chi connectivity index (χ3v) is 5.33. The smallest absolute Gasteiger partial charge is 0.246 e. The van der Waals surface area contributed by atoms with E-state index in [4.69, 9.17) is 4.42 Å². The number of carbonyl (C=O) groups is 1. The van der Waals surface area contributed by atoms with Gasteiger partial charge in [-0.2, -0.15) is 0 Å². The van der Waals surface area contributed by atoms with Gasteiger partial charge >= 0.3 is 0 Å². The van der Waals surface area contributed by atoms with E-state index in [0.29, 0.717) is 6.54 Å². The minimum Gasteiger partial charge on any atom is -0.459 e. The highest BCUT2D eigenvalue weighted by atomic mass is 16.3. The van der Waals surface area contributed by atoms with Crippen LogP contribution in [0.2, 0.25) is 0 Å². The fourth-order valence-corrected chi connectivity index (χ4v) is 3.60. The number of nitrogens with zero attached hydrogens (tertiary/aromatic N) is 3. The maximum atomic E-state index is 12.6. The summed E-state index contributed by atoms with van der Waals surface area (Å²) in [5, 5.41) is 4.44. The summed E-state index contributed by atoms with van der Waals surface area (Å²) in [4.78, 5) is 21.0. The number of furan rings is 1. The number of para-hydroxylation sites is 1. The van der Waals surface area contributed by atoms with Crippen molar-refractivity contribution in [3.63, 3.8) is 0 Å². The van der Waals surface area contributed by atoms with Crippen LogP contribution in [0.3, 0.4) is 0 Å². The summed E-state index contributed by atoms with van der Waals surface area (Å²) in [5.41, 5.74) is 4.00. The van der Waals surface area contributed by atoms with E-state index in [1.807, 2.05) is 37.3 Å². The third kappa shape index (κ3) is 4.17. The molecule has 6 heteroatoms. The van der Waals surface area contributed by atoms with Gasteiger partial charge in [-0.15, -0.1) is 0 Å². The Balaban J connectivity index is 1.45. The van der Waals surface area contributed by atoms with Gasteiger partial charge in [0.15, 0.2) is 0 Å². The summed E-state index contributed by atoms with van der Waals surface area (Å²) in [5.74, 6) is 1.67. The molecule has 3 aromatic rings. The second kappa shape index (κ2) is 8.09. The molecule has 1 aliphatic rings. The topological polar surface area (TPSA) is 61.6 Å². The lowest BCUT2D eigenvalue weighted by atomic mass is 10.1. The fraction of sp³-hybridized carbons (Fsp3) is 0.304. The summed E-state index contributed by atoms with van der Waals surface area (Å²) in [6, 6.07) is 10.0. The van der Waals surface area contributed by atoms with Crippen molar-refractivity contribution in [1.82, 2.24) is 14.8 Å². The number of likely N-dealkylation sites (N-methyl/N-ethyl adjacent to an activating group) is 2. The summed E-state index contributed by atoms with van der Waals surface area (Å²) < 4.78 is 5.93. The van der Waals surface area contributed by atoms with Gasteiger partial charge in [0.2, 0.25) is 5.91 Å². The second-order valence-electron chi connectivity index (χ2n) is 7.61. The maximum absolute atomic E-state index is 12.6. The minimum atomic E-state index is -0.0740. The average molecular weight is 390 g/mol. The molecule has 0 radical (unpaired) electrons. The number of pyridine rings is 1. The molecule has 2 aromatic heterocycles. The molecule has 1 N–H and O–H groups in total. The lowest BCUT2D eigenvalue weighted by molar-refractivity contribution is -0.125. The first-order valence-electron chi connectivity index (χ1n) is 9.83. The Morgan fingerprint density at radius 3 is 3.03 bits per heavy atom. The first-order chi connectivity index (χ1) is 14.0. The maximum Gasteiger partial charge on any atom is 0.246 e. The van der Waals surface area contributed by atoms with Crippen LogP contribution in [0.25, 0.3) is 17.0 Å². The number of fused-ring (bicyclic) bond motifs is 2. The first kappa shape index (κ1) is 19.2. The average Bonchev–Trinajstić information content (AvgIpc) is 2.90. The molecule has 0 fully saturated rings. The highest BCUT2D eigenvalue weighted by molar-refractivity contribution is 5.91. The molecular weight excluding hydrogens is 364 g/mol. The van der Waals surface area contributed by atoms with Crippen LogP contribution in [0.15, 0.2) is 47.0 Å². The summed E-state index contributed by atoms with van der Waals surface area (Å²) in [6.45, 7) is 5.17. The molecule has 6 nitrogen and oxygen atoms in total. The number of hydrogen-bond acceptors (Lipinski definition) is 5. The van der Waals surface area contributed by atoms with Gasteiger partial charge in [-0.25, -0.2) is 4.98 Å². The predicted molar refractivity (Wildman–Crippen MR) is 116 cm³/mol. The van der Waals surface area contributed by atoms with Crippen molar-refractivity contribution in [3.05, 3.63) is 65.1 Å². The molecule has 1 amide bonds. The van der Waals surface area contributed by atoms with Crippen LogP contribution in [0, 0.1) is 6.92 Å². The number of nitrogens with one attached hydrogen (secondary N) is 1. The van der Waals surface area contributed by atoms with Gasteiger partial charge < -0.3 is 19.5 Å². The molecule has 150 valence electrons. The highest BCUT2D eigenvalue weighted by Crippen LogP contribution is 2.26. The lowest BCUT2D eigenvalue weighted by Crippen LogP contribution is -2.24. The molecule has 0 saturated heterocycles. The summed E-state index contributed by atoms with van der Waals surface area (Å²) in [6.07, 6.45) is 5.21. The number of benzene rings is 1. The first-order valence-corrected chi connectivity index (χ1v) is 9.83. The largest absolute Gasteiger partial charge is 0.459 e. The lowest BCUT2D eigenvalue weighted by Gasteiger charge is -2.14. The number of rotatable bonds is 4. The van der Waals surface area contributed by atoms with Gasteiger partial charge in [-0.3, -0.25) is 4.79 Å². The SMILES string of the molecule is Cc1c(CN(C)C(=O)C=Cc2cnc3c(c2)CN(C)CCN3)oc2ccccc12. The molecule has 1 aromatic carbocycles. The fourth-order valence-electron chi connectivity index (χ4n) is 3.60. The zero-order valence-electron chi connectivity index (χ0n) is 17.1. The minimum absolute atomic E-state index is 0.0740. The third-order valence-electron chi connectivity index (χ3n) is 5.33. The van der Waals surface area contributed by atoms with Gasteiger partial charge in [0.25, 0.3) is 0 Å². The molecule has 0 atom stereocenters. The highest BCUT2D eigenvalue weighted by Gasteiger charge is 2.15. The van der Waals surface area contributed by atoms with Gasteiger partial charge in [0.05, 0.1) is 6.54 Å². The van der Waals surface area contributed by atoms with Crippen LogP contribution in [-0.2, 0) is 17.9 Å². The Hall–Kier alpha value is -3.12. The van der Waals surface area contributed by atoms with E-state index in [1.165, 1.54) is 0 Å². The molecule has 29 heavy (non-hydrogen) atoms. The van der Waals surface area contributed by atoms with Gasteiger partial charge in [-0.1, -0.05) is 18.2 Å². The molecular formula is C23H26N4O2. The van der Waals surface area contributed by atoms with Gasteiger partial charge in [0.1, 0.15) is 17.2 Å².